The number of nitrogen functional groups attached to an aromatic ring is 1. The van der Waals surface area contributed by atoms with Gasteiger partial charge in [0, 0.05) is 24.7 Å². The lowest BCUT2D eigenvalue weighted by molar-refractivity contribution is 0.0963. The van der Waals surface area contributed by atoms with E-state index in [9.17, 15) is 4.79 Å². The molecule has 6 nitrogen and oxygen atoms in total. The van der Waals surface area contributed by atoms with Crippen LogP contribution >= 0.6 is 0 Å². The Labute approximate surface area is 117 Å². The number of aromatic nitrogens is 1. The number of nitrogens with one attached hydrogen (secondary N) is 2. The van der Waals surface area contributed by atoms with Gasteiger partial charge >= 0.3 is 0 Å². The molecule has 1 aromatic heterocycles. The van der Waals surface area contributed by atoms with Crippen LogP contribution in [0.4, 0.5) is 11.4 Å². The highest BCUT2D eigenvalue weighted by molar-refractivity contribution is 5.95. The van der Waals surface area contributed by atoms with Crippen LogP contribution in [0.15, 0.2) is 22.7 Å². The summed E-state index contributed by atoms with van der Waals surface area (Å²) >= 11 is 0. The second-order valence-electron chi connectivity index (χ2n) is 4.54. The minimum atomic E-state index is -0.158. The number of amides is 1. The fraction of sp³-hybridized carbons (Fsp3) is 0.286. The molecule has 2 aromatic rings. The van der Waals surface area contributed by atoms with E-state index in [0.717, 1.165) is 22.7 Å². The number of aryl methyl sites for hydroxylation is 2. The third-order valence-corrected chi connectivity index (χ3v) is 3.18. The number of hydrogen-bond acceptors (Lipinski definition) is 5. The summed E-state index contributed by atoms with van der Waals surface area (Å²) in [6, 6.07) is 5.16. The Hall–Kier alpha value is -2.50. The fourth-order valence-corrected chi connectivity index (χ4v) is 1.95. The first kappa shape index (κ1) is 13.9. The van der Waals surface area contributed by atoms with Gasteiger partial charge in [-0.15, -0.1) is 0 Å². The Morgan fingerprint density at radius 2 is 2.15 bits per heavy atom. The number of rotatable bonds is 4. The zero-order valence-corrected chi connectivity index (χ0v) is 11.8. The second kappa shape index (κ2) is 5.64. The standard InChI is InChI=1S/C14H18N4O2/c1-8-11(9(2)20-18-8)7-17-13-5-4-10(6-12(13)15)14(19)16-3/h4-6,17H,7,15H2,1-3H3,(H,16,19). The van der Waals surface area contributed by atoms with Crippen molar-refractivity contribution in [3.05, 3.63) is 40.8 Å². The Bertz CT molecular complexity index is 615. The summed E-state index contributed by atoms with van der Waals surface area (Å²) in [6.45, 7) is 4.34. The highest BCUT2D eigenvalue weighted by atomic mass is 16.5. The van der Waals surface area contributed by atoms with Crippen LogP contribution in [0.5, 0.6) is 0 Å². The molecule has 106 valence electrons. The number of hydrogen-bond donors (Lipinski definition) is 3. The monoisotopic (exact) mass is 274 g/mol. The molecule has 0 bridgehead atoms. The van der Waals surface area contributed by atoms with Gasteiger partial charge in [0.2, 0.25) is 0 Å². The van der Waals surface area contributed by atoms with Crippen molar-refractivity contribution >= 4 is 17.3 Å². The molecular weight excluding hydrogens is 256 g/mol. The SMILES string of the molecule is CNC(=O)c1ccc(NCc2c(C)noc2C)c(N)c1. The average molecular weight is 274 g/mol. The molecule has 2 rings (SSSR count). The normalized spacial score (nSPS) is 10.3. The van der Waals surface area contributed by atoms with Gasteiger partial charge in [-0.2, -0.15) is 0 Å². The van der Waals surface area contributed by atoms with Crippen LogP contribution in [0.25, 0.3) is 0 Å². The molecule has 0 aliphatic carbocycles. The molecule has 0 aliphatic heterocycles. The molecule has 0 spiro atoms. The minimum Gasteiger partial charge on any atom is -0.397 e. The maximum atomic E-state index is 11.5. The van der Waals surface area contributed by atoms with Crippen molar-refractivity contribution in [3.8, 4) is 0 Å². The number of benzene rings is 1. The van der Waals surface area contributed by atoms with Crippen molar-refractivity contribution in [1.29, 1.82) is 0 Å². The molecular formula is C14H18N4O2. The van der Waals surface area contributed by atoms with Crippen LogP contribution in [0.1, 0.15) is 27.4 Å². The van der Waals surface area contributed by atoms with Crippen molar-refractivity contribution in [2.45, 2.75) is 20.4 Å². The predicted octanol–water partition coefficient (Wildman–Crippen LogP) is 1.85. The van der Waals surface area contributed by atoms with Gasteiger partial charge < -0.3 is 20.9 Å². The van der Waals surface area contributed by atoms with Crippen LogP contribution in [-0.4, -0.2) is 18.1 Å². The van der Waals surface area contributed by atoms with E-state index >= 15 is 0 Å². The maximum Gasteiger partial charge on any atom is 0.251 e. The van der Waals surface area contributed by atoms with E-state index in [0.29, 0.717) is 17.8 Å². The summed E-state index contributed by atoms with van der Waals surface area (Å²) in [5.41, 5.74) is 9.66. The topological polar surface area (TPSA) is 93.2 Å². The number of carbonyl (C=O) groups excluding carboxylic acids is 1. The van der Waals surface area contributed by atoms with Crippen LogP contribution in [0.3, 0.4) is 0 Å². The first-order valence-electron chi connectivity index (χ1n) is 6.30. The van der Waals surface area contributed by atoms with Crippen LogP contribution < -0.4 is 16.4 Å². The molecule has 20 heavy (non-hydrogen) atoms. The lowest BCUT2D eigenvalue weighted by Crippen LogP contribution is -2.18. The highest BCUT2D eigenvalue weighted by Gasteiger charge is 2.10. The largest absolute Gasteiger partial charge is 0.397 e. The Morgan fingerprint density at radius 1 is 1.40 bits per heavy atom. The first-order chi connectivity index (χ1) is 9.52. The molecule has 1 amide bonds. The van der Waals surface area contributed by atoms with E-state index in [4.69, 9.17) is 10.3 Å². The Kier molecular flexibility index (Phi) is 3.93. The van der Waals surface area contributed by atoms with E-state index in [1.54, 1.807) is 25.2 Å². The lowest BCUT2D eigenvalue weighted by atomic mass is 10.1. The van der Waals surface area contributed by atoms with Crippen molar-refractivity contribution < 1.29 is 9.32 Å². The molecule has 0 aliphatic rings. The van der Waals surface area contributed by atoms with Gasteiger partial charge in [0.1, 0.15) is 5.76 Å². The number of nitrogens with zero attached hydrogens (tertiary/aromatic N) is 1. The summed E-state index contributed by atoms with van der Waals surface area (Å²) in [5.74, 6) is 0.629. The summed E-state index contributed by atoms with van der Waals surface area (Å²) in [5, 5.41) is 9.69. The third-order valence-electron chi connectivity index (χ3n) is 3.18. The van der Waals surface area contributed by atoms with Gasteiger partial charge in [0.05, 0.1) is 17.1 Å². The van der Waals surface area contributed by atoms with Gasteiger partial charge in [0.25, 0.3) is 5.91 Å². The van der Waals surface area contributed by atoms with Crippen LogP contribution in [0.2, 0.25) is 0 Å². The summed E-state index contributed by atoms with van der Waals surface area (Å²) in [6.07, 6.45) is 0. The number of nitrogens with two attached hydrogens (primary N) is 1. The molecule has 0 radical (unpaired) electrons. The van der Waals surface area contributed by atoms with E-state index in [1.807, 2.05) is 13.8 Å². The van der Waals surface area contributed by atoms with Crippen LogP contribution in [-0.2, 0) is 6.54 Å². The molecule has 6 heteroatoms. The Balaban J connectivity index is 2.13. The van der Waals surface area contributed by atoms with E-state index in [2.05, 4.69) is 15.8 Å². The average Bonchev–Trinajstić information content (AvgIpc) is 2.76. The Morgan fingerprint density at radius 3 is 2.70 bits per heavy atom. The smallest absolute Gasteiger partial charge is 0.251 e. The third kappa shape index (κ3) is 2.74. The molecule has 0 fully saturated rings. The van der Waals surface area contributed by atoms with Gasteiger partial charge in [-0.05, 0) is 32.0 Å². The quantitative estimate of drug-likeness (QED) is 0.740. The molecule has 0 saturated carbocycles. The van der Waals surface area contributed by atoms with Gasteiger partial charge in [0.15, 0.2) is 0 Å². The summed E-state index contributed by atoms with van der Waals surface area (Å²) in [4.78, 5) is 11.5. The molecule has 0 saturated heterocycles. The summed E-state index contributed by atoms with van der Waals surface area (Å²) < 4.78 is 5.10. The van der Waals surface area contributed by atoms with Crippen molar-refractivity contribution in [2.75, 3.05) is 18.1 Å². The fourth-order valence-electron chi connectivity index (χ4n) is 1.95. The first-order valence-corrected chi connectivity index (χ1v) is 6.30. The zero-order chi connectivity index (χ0) is 14.7. The number of carbonyl (C=O) groups is 1. The molecule has 4 N–H and O–H groups in total. The van der Waals surface area contributed by atoms with Crippen molar-refractivity contribution in [2.24, 2.45) is 0 Å². The maximum absolute atomic E-state index is 11.5. The summed E-state index contributed by atoms with van der Waals surface area (Å²) in [7, 11) is 1.59. The molecule has 0 atom stereocenters. The van der Waals surface area contributed by atoms with Crippen molar-refractivity contribution in [1.82, 2.24) is 10.5 Å². The molecule has 1 aromatic carbocycles. The predicted molar refractivity (Wildman–Crippen MR) is 77.5 cm³/mol. The highest BCUT2D eigenvalue weighted by Crippen LogP contribution is 2.22. The zero-order valence-electron chi connectivity index (χ0n) is 11.8. The minimum absolute atomic E-state index is 0.158. The van der Waals surface area contributed by atoms with Gasteiger partial charge in [-0.1, -0.05) is 5.16 Å². The van der Waals surface area contributed by atoms with E-state index < -0.39 is 0 Å². The van der Waals surface area contributed by atoms with E-state index in [1.165, 1.54) is 0 Å². The van der Waals surface area contributed by atoms with Gasteiger partial charge in [-0.25, -0.2) is 0 Å². The number of anilines is 2. The van der Waals surface area contributed by atoms with Crippen molar-refractivity contribution in [3.63, 3.8) is 0 Å². The second-order valence-corrected chi connectivity index (χ2v) is 4.54. The van der Waals surface area contributed by atoms with E-state index in [-0.39, 0.29) is 5.91 Å². The van der Waals surface area contributed by atoms with Crippen LogP contribution in [0, 0.1) is 13.8 Å². The molecule has 0 unspecified atom stereocenters. The van der Waals surface area contributed by atoms with Gasteiger partial charge in [-0.3, -0.25) is 4.79 Å². The lowest BCUT2D eigenvalue weighted by Gasteiger charge is -2.10. The molecule has 1 heterocycles.